The Morgan fingerprint density at radius 1 is 1.29 bits per heavy atom. The summed E-state index contributed by atoms with van der Waals surface area (Å²) < 4.78 is 5.17. The van der Waals surface area contributed by atoms with Crippen LogP contribution in [0.25, 0.3) is 0 Å². The quantitative estimate of drug-likeness (QED) is 0.851. The average Bonchev–Trinajstić information content (AvgIpc) is 2.26. The number of methoxy groups -OCH3 is 1. The SMILES string of the molecule is CCCC(COC)Nc1nc(C)c(C)nc1Cl. The third-order valence-corrected chi connectivity index (χ3v) is 2.87. The van der Waals surface area contributed by atoms with Crippen molar-refractivity contribution < 1.29 is 4.74 Å². The second kappa shape index (κ2) is 6.77. The highest BCUT2D eigenvalue weighted by Gasteiger charge is 2.12. The van der Waals surface area contributed by atoms with Crippen LogP contribution in [0.1, 0.15) is 31.2 Å². The van der Waals surface area contributed by atoms with Crippen LogP contribution < -0.4 is 5.32 Å². The zero-order valence-corrected chi connectivity index (χ0v) is 11.6. The van der Waals surface area contributed by atoms with Gasteiger partial charge in [0.05, 0.1) is 24.0 Å². The number of aromatic nitrogens is 2. The first-order valence-corrected chi connectivity index (χ1v) is 6.22. The molecule has 1 atom stereocenters. The minimum atomic E-state index is 0.221. The molecule has 0 aliphatic heterocycles. The summed E-state index contributed by atoms with van der Waals surface area (Å²) in [5, 5.41) is 3.71. The zero-order chi connectivity index (χ0) is 12.8. The number of anilines is 1. The highest BCUT2D eigenvalue weighted by molar-refractivity contribution is 6.31. The number of nitrogens with zero attached hydrogens (tertiary/aromatic N) is 2. The van der Waals surface area contributed by atoms with Crippen molar-refractivity contribution in [3.05, 3.63) is 16.5 Å². The van der Waals surface area contributed by atoms with Crippen LogP contribution in [-0.4, -0.2) is 29.7 Å². The Balaban J connectivity index is 2.81. The largest absolute Gasteiger partial charge is 0.383 e. The van der Waals surface area contributed by atoms with E-state index in [1.165, 1.54) is 0 Å². The molecule has 1 rings (SSSR count). The molecular formula is C12H20ClN3O. The van der Waals surface area contributed by atoms with E-state index in [2.05, 4.69) is 22.2 Å². The number of ether oxygens (including phenoxy) is 1. The second-order valence-corrected chi connectivity index (χ2v) is 4.48. The van der Waals surface area contributed by atoms with Gasteiger partial charge in [0, 0.05) is 7.11 Å². The summed E-state index contributed by atoms with van der Waals surface area (Å²) in [6.45, 7) is 6.60. The van der Waals surface area contributed by atoms with Gasteiger partial charge in [0.15, 0.2) is 11.0 Å². The number of halogens is 1. The maximum Gasteiger partial charge on any atom is 0.171 e. The molecule has 0 aromatic carbocycles. The molecule has 4 nitrogen and oxygen atoms in total. The molecule has 17 heavy (non-hydrogen) atoms. The van der Waals surface area contributed by atoms with E-state index in [1.54, 1.807) is 7.11 Å². The molecule has 0 aliphatic rings. The van der Waals surface area contributed by atoms with Crippen LogP contribution in [0.5, 0.6) is 0 Å². The molecule has 1 aromatic heterocycles. The summed E-state index contributed by atoms with van der Waals surface area (Å²) >= 11 is 6.07. The van der Waals surface area contributed by atoms with Gasteiger partial charge in [-0.3, -0.25) is 0 Å². The van der Waals surface area contributed by atoms with Gasteiger partial charge in [-0.25, -0.2) is 9.97 Å². The van der Waals surface area contributed by atoms with Gasteiger partial charge in [-0.15, -0.1) is 0 Å². The molecule has 0 bridgehead atoms. The molecule has 1 aromatic rings. The van der Waals surface area contributed by atoms with Crippen molar-refractivity contribution in [2.75, 3.05) is 19.0 Å². The zero-order valence-electron chi connectivity index (χ0n) is 10.9. The smallest absolute Gasteiger partial charge is 0.171 e. The van der Waals surface area contributed by atoms with Crippen LogP contribution in [-0.2, 0) is 4.74 Å². The Morgan fingerprint density at radius 3 is 2.53 bits per heavy atom. The Hall–Kier alpha value is -0.870. The number of hydrogen-bond acceptors (Lipinski definition) is 4. The predicted molar refractivity (Wildman–Crippen MR) is 70.7 cm³/mol. The molecule has 0 fully saturated rings. The summed E-state index contributed by atoms with van der Waals surface area (Å²) in [5.41, 5.74) is 1.75. The Morgan fingerprint density at radius 2 is 1.94 bits per heavy atom. The Labute approximate surface area is 108 Å². The van der Waals surface area contributed by atoms with Crippen LogP contribution >= 0.6 is 11.6 Å². The second-order valence-electron chi connectivity index (χ2n) is 4.12. The number of hydrogen-bond donors (Lipinski definition) is 1. The summed E-state index contributed by atoms with van der Waals surface area (Å²) in [6.07, 6.45) is 2.09. The number of rotatable bonds is 6. The molecule has 1 unspecified atom stereocenters. The molecular weight excluding hydrogens is 238 g/mol. The molecule has 0 aliphatic carbocycles. The van der Waals surface area contributed by atoms with E-state index in [0.717, 1.165) is 24.2 Å². The lowest BCUT2D eigenvalue weighted by Gasteiger charge is -2.18. The molecule has 0 radical (unpaired) electrons. The maximum atomic E-state index is 6.07. The molecule has 1 heterocycles. The van der Waals surface area contributed by atoms with E-state index < -0.39 is 0 Å². The maximum absolute atomic E-state index is 6.07. The van der Waals surface area contributed by atoms with Gasteiger partial charge in [0.1, 0.15) is 0 Å². The lowest BCUT2D eigenvalue weighted by atomic mass is 10.2. The Bertz CT molecular complexity index is 365. The highest BCUT2D eigenvalue weighted by Crippen LogP contribution is 2.20. The number of aryl methyl sites for hydroxylation is 2. The van der Waals surface area contributed by atoms with Crippen molar-refractivity contribution in [3.8, 4) is 0 Å². The fourth-order valence-corrected chi connectivity index (χ4v) is 1.83. The van der Waals surface area contributed by atoms with Crippen LogP contribution in [0.3, 0.4) is 0 Å². The van der Waals surface area contributed by atoms with Crippen LogP contribution in [0.2, 0.25) is 5.15 Å². The lowest BCUT2D eigenvalue weighted by Crippen LogP contribution is -2.25. The van der Waals surface area contributed by atoms with E-state index in [4.69, 9.17) is 16.3 Å². The topological polar surface area (TPSA) is 47.0 Å². The molecule has 0 spiro atoms. The molecule has 1 N–H and O–H groups in total. The van der Waals surface area contributed by atoms with Gasteiger partial charge in [0.2, 0.25) is 0 Å². The fraction of sp³-hybridized carbons (Fsp3) is 0.667. The van der Waals surface area contributed by atoms with Crippen molar-refractivity contribution in [2.24, 2.45) is 0 Å². The van der Waals surface area contributed by atoms with Gasteiger partial charge < -0.3 is 10.1 Å². The third-order valence-electron chi connectivity index (χ3n) is 2.61. The molecule has 0 saturated carbocycles. The van der Waals surface area contributed by atoms with E-state index in [1.807, 2.05) is 13.8 Å². The van der Waals surface area contributed by atoms with Crippen LogP contribution in [0.4, 0.5) is 5.82 Å². The fourth-order valence-electron chi connectivity index (χ4n) is 1.61. The van der Waals surface area contributed by atoms with Gasteiger partial charge >= 0.3 is 0 Å². The molecule has 0 amide bonds. The van der Waals surface area contributed by atoms with Crippen molar-refractivity contribution in [1.29, 1.82) is 0 Å². The van der Waals surface area contributed by atoms with Crippen LogP contribution in [0.15, 0.2) is 0 Å². The van der Waals surface area contributed by atoms with E-state index >= 15 is 0 Å². The summed E-state index contributed by atoms with van der Waals surface area (Å²) in [5.74, 6) is 0.644. The molecule has 0 saturated heterocycles. The Kier molecular flexibility index (Phi) is 5.65. The first-order valence-electron chi connectivity index (χ1n) is 5.84. The highest BCUT2D eigenvalue weighted by atomic mass is 35.5. The van der Waals surface area contributed by atoms with Gasteiger partial charge in [-0.2, -0.15) is 0 Å². The normalized spacial score (nSPS) is 12.5. The molecule has 5 heteroatoms. The van der Waals surface area contributed by atoms with Crippen LogP contribution in [0, 0.1) is 13.8 Å². The predicted octanol–water partition coefficient (Wildman–Crippen LogP) is 2.97. The van der Waals surface area contributed by atoms with E-state index in [0.29, 0.717) is 17.6 Å². The third kappa shape index (κ3) is 4.13. The first kappa shape index (κ1) is 14.2. The standard InChI is InChI=1S/C12H20ClN3O/c1-5-6-10(7-17-4)16-12-11(13)14-8(2)9(3)15-12/h10H,5-7H2,1-4H3,(H,15,16). The van der Waals surface area contributed by atoms with Gasteiger partial charge in [-0.05, 0) is 20.3 Å². The molecule has 96 valence electrons. The average molecular weight is 258 g/mol. The summed E-state index contributed by atoms with van der Waals surface area (Å²) in [4.78, 5) is 8.66. The first-order chi connectivity index (χ1) is 8.08. The van der Waals surface area contributed by atoms with Crippen molar-refractivity contribution in [1.82, 2.24) is 9.97 Å². The summed E-state index contributed by atoms with van der Waals surface area (Å²) in [6, 6.07) is 0.221. The minimum Gasteiger partial charge on any atom is -0.383 e. The minimum absolute atomic E-state index is 0.221. The van der Waals surface area contributed by atoms with Crippen molar-refractivity contribution in [2.45, 2.75) is 39.7 Å². The van der Waals surface area contributed by atoms with Gasteiger partial charge in [0.25, 0.3) is 0 Å². The van der Waals surface area contributed by atoms with E-state index in [9.17, 15) is 0 Å². The van der Waals surface area contributed by atoms with Gasteiger partial charge in [-0.1, -0.05) is 24.9 Å². The number of nitrogens with one attached hydrogen (secondary N) is 1. The lowest BCUT2D eigenvalue weighted by molar-refractivity contribution is 0.182. The summed E-state index contributed by atoms with van der Waals surface area (Å²) in [7, 11) is 1.69. The van der Waals surface area contributed by atoms with Crippen molar-refractivity contribution >= 4 is 17.4 Å². The van der Waals surface area contributed by atoms with E-state index in [-0.39, 0.29) is 6.04 Å². The van der Waals surface area contributed by atoms with Crippen molar-refractivity contribution in [3.63, 3.8) is 0 Å². The monoisotopic (exact) mass is 257 g/mol.